The number of benzene rings is 2. The molecule has 2 amide bonds. The van der Waals surface area contributed by atoms with Crippen LogP contribution in [-0.4, -0.2) is 17.0 Å². The number of pyridine rings is 1. The second-order valence-electron chi connectivity index (χ2n) is 6.35. The number of aromatic nitrogens is 1. The van der Waals surface area contributed by atoms with Gasteiger partial charge in [-0.05, 0) is 42.3 Å². The molecule has 148 valence electrons. The monoisotopic (exact) mass is 409 g/mol. The number of carbonyl (C=O) groups excluding carboxylic acids is 2. The highest BCUT2D eigenvalue weighted by Gasteiger charge is 2.16. The van der Waals surface area contributed by atoms with Gasteiger partial charge in [-0.25, -0.2) is 4.79 Å². The third kappa shape index (κ3) is 5.80. The molecule has 1 aromatic heterocycles. The van der Waals surface area contributed by atoms with Gasteiger partial charge >= 0.3 is 6.09 Å². The number of carbonyl (C=O) groups is 2. The van der Waals surface area contributed by atoms with Crippen molar-refractivity contribution in [1.29, 1.82) is 0 Å². The minimum Gasteiger partial charge on any atom is -0.445 e. The van der Waals surface area contributed by atoms with Gasteiger partial charge in [0.25, 0.3) is 5.91 Å². The molecule has 0 saturated heterocycles. The molecule has 6 nitrogen and oxygen atoms in total. The topological polar surface area (TPSA) is 80.3 Å². The Morgan fingerprint density at radius 3 is 2.48 bits per heavy atom. The minimum atomic E-state index is -0.545. The van der Waals surface area contributed by atoms with Crippen molar-refractivity contribution in [2.75, 3.05) is 5.32 Å². The van der Waals surface area contributed by atoms with Crippen molar-refractivity contribution in [3.63, 3.8) is 0 Å². The van der Waals surface area contributed by atoms with Gasteiger partial charge in [-0.2, -0.15) is 0 Å². The molecule has 0 spiro atoms. The fourth-order valence-electron chi connectivity index (χ4n) is 2.68. The van der Waals surface area contributed by atoms with Gasteiger partial charge in [0.15, 0.2) is 0 Å². The Balaban J connectivity index is 1.58. The average molecular weight is 410 g/mol. The molecule has 0 aliphatic carbocycles. The summed E-state index contributed by atoms with van der Waals surface area (Å²) in [4.78, 5) is 28.3. The normalized spacial score (nSPS) is 11.4. The quantitative estimate of drug-likeness (QED) is 0.602. The van der Waals surface area contributed by atoms with E-state index in [1.54, 1.807) is 49.6 Å². The summed E-state index contributed by atoms with van der Waals surface area (Å²) in [5, 5.41) is 5.89. The van der Waals surface area contributed by atoms with E-state index in [0.717, 1.165) is 5.56 Å². The Morgan fingerprint density at radius 2 is 1.79 bits per heavy atom. The molecular weight excluding hydrogens is 390 g/mol. The first-order valence-corrected chi connectivity index (χ1v) is 9.39. The van der Waals surface area contributed by atoms with Crippen molar-refractivity contribution in [2.24, 2.45) is 0 Å². The molecule has 3 aromatic rings. The number of ether oxygens (including phenoxy) is 1. The van der Waals surface area contributed by atoms with Crippen LogP contribution < -0.4 is 10.6 Å². The van der Waals surface area contributed by atoms with Crippen molar-refractivity contribution in [3.05, 3.63) is 94.8 Å². The molecule has 1 unspecified atom stereocenters. The van der Waals surface area contributed by atoms with Crippen LogP contribution in [0.25, 0.3) is 0 Å². The second-order valence-corrected chi connectivity index (χ2v) is 6.76. The molecule has 1 atom stereocenters. The van der Waals surface area contributed by atoms with Gasteiger partial charge in [-0.15, -0.1) is 0 Å². The highest BCUT2D eigenvalue weighted by Crippen LogP contribution is 2.25. The zero-order valence-corrected chi connectivity index (χ0v) is 16.5. The first kappa shape index (κ1) is 20.4. The molecule has 0 aliphatic rings. The molecule has 1 heterocycles. The number of anilines is 1. The van der Waals surface area contributed by atoms with E-state index < -0.39 is 6.09 Å². The maximum atomic E-state index is 12.4. The van der Waals surface area contributed by atoms with E-state index in [-0.39, 0.29) is 18.6 Å². The van der Waals surface area contributed by atoms with E-state index in [1.807, 2.05) is 30.3 Å². The molecule has 29 heavy (non-hydrogen) atoms. The number of amides is 2. The highest BCUT2D eigenvalue weighted by molar-refractivity contribution is 6.32. The highest BCUT2D eigenvalue weighted by atomic mass is 35.5. The Labute approximate surface area is 173 Å². The number of alkyl carbamates (subject to hydrolysis) is 1. The number of rotatable bonds is 6. The van der Waals surface area contributed by atoms with Crippen LogP contribution in [0.5, 0.6) is 0 Å². The second kappa shape index (κ2) is 9.71. The maximum absolute atomic E-state index is 12.4. The van der Waals surface area contributed by atoms with Crippen molar-refractivity contribution >= 4 is 29.3 Å². The minimum absolute atomic E-state index is 0.182. The van der Waals surface area contributed by atoms with Gasteiger partial charge < -0.3 is 15.4 Å². The van der Waals surface area contributed by atoms with E-state index in [4.69, 9.17) is 16.3 Å². The third-order valence-corrected chi connectivity index (χ3v) is 4.54. The van der Waals surface area contributed by atoms with E-state index >= 15 is 0 Å². The van der Waals surface area contributed by atoms with Crippen molar-refractivity contribution < 1.29 is 14.3 Å². The number of halogens is 1. The lowest BCUT2D eigenvalue weighted by molar-refractivity contribution is 0.102. The fourth-order valence-corrected chi connectivity index (χ4v) is 3.02. The Kier molecular flexibility index (Phi) is 6.81. The maximum Gasteiger partial charge on any atom is 0.407 e. The van der Waals surface area contributed by atoms with E-state index in [9.17, 15) is 9.59 Å². The zero-order valence-electron chi connectivity index (χ0n) is 15.8. The molecule has 0 bridgehead atoms. The lowest BCUT2D eigenvalue weighted by Crippen LogP contribution is -2.27. The van der Waals surface area contributed by atoms with E-state index in [1.165, 1.54) is 0 Å². The van der Waals surface area contributed by atoms with Crippen molar-refractivity contribution in [3.8, 4) is 0 Å². The van der Waals surface area contributed by atoms with Gasteiger partial charge in [0.05, 0.1) is 6.04 Å². The molecular formula is C22H20ClN3O3. The van der Waals surface area contributed by atoms with Crippen molar-refractivity contribution in [1.82, 2.24) is 10.3 Å². The SMILES string of the molecule is CC(NC(=O)OCc1ccccc1)c1ccc(C(=O)Nc2ccncc2)cc1Cl. The number of nitrogens with zero attached hydrogens (tertiary/aromatic N) is 1. The van der Waals surface area contributed by atoms with Crippen LogP contribution in [0.3, 0.4) is 0 Å². The van der Waals surface area contributed by atoms with Crippen LogP contribution in [0.2, 0.25) is 5.02 Å². The molecule has 2 N–H and O–H groups in total. The van der Waals surface area contributed by atoms with Gasteiger partial charge in [-0.1, -0.05) is 48.0 Å². The summed E-state index contributed by atoms with van der Waals surface area (Å²) in [6.07, 6.45) is 2.64. The smallest absolute Gasteiger partial charge is 0.407 e. The number of nitrogens with one attached hydrogen (secondary N) is 2. The van der Waals surface area contributed by atoms with Crippen LogP contribution >= 0.6 is 11.6 Å². The first-order chi connectivity index (χ1) is 14.0. The molecule has 0 saturated carbocycles. The lowest BCUT2D eigenvalue weighted by Gasteiger charge is -2.16. The first-order valence-electron chi connectivity index (χ1n) is 9.01. The number of hydrogen-bond donors (Lipinski definition) is 2. The summed E-state index contributed by atoms with van der Waals surface area (Å²) in [5.74, 6) is -0.285. The molecule has 2 aromatic carbocycles. The fraction of sp³-hybridized carbons (Fsp3) is 0.136. The molecule has 0 fully saturated rings. The van der Waals surface area contributed by atoms with Crippen LogP contribution in [0.4, 0.5) is 10.5 Å². The predicted molar refractivity (Wildman–Crippen MR) is 112 cm³/mol. The number of hydrogen-bond acceptors (Lipinski definition) is 4. The summed E-state index contributed by atoms with van der Waals surface area (Å²) in [6.45, 7) is 1.98. The predicted octanol–water partition coefficient (Wildman–Crippen LogP) is 4.97. The van der Waals surface area contributed by atoms with Gasteiger partial charge in [0, 0.05) is 28.7 Å². The lowest BCUT2D eigenvalue weighted by atomic mass is 10.1. The van der Waals surface area contributed by atoms with Crippen LogP contribution in [0.1, 0.15) is 34.5 Å². The largest absolute Gasteiger partial charge is 0.445 e. The summed E-state index contributed by atoms with van der Waals surface area (Å²) in [6, 6.07) is 17.4. The Bertz CT molecular complexity index is 981. The molecule has 7 heteroatoms. The van der Waals surface area contributed by atoms with Gasteiger partial charge in [-0.3, -0.25) is 9.78 Å². The summed E-state index contributed by atoms with van der Waals surface area (Å²) in [5.41, 5.74) is 2.64. The van der Waals surface area contributed by atoms with Crippen molar-refractivity contribution in [2.45, 2.75) is 19.6 Å². The standard InChI is InChI=1S/C22H20ClN3O3/c1-15(25-22(28)29-14-16-5-3-2-4-6-16)19-8-7-17(13-20(19)23)21(27)26-18-9-11-24-12-10-18/h2-13,15H,14H2,1H3,(H,25,28)(H,24,26,27). The van der Waals surface area contributed by atoms with Gasteiger partial charge in [0.2, 0.25) is 0 Å². The van der Waals surface area contributed by atoms with Crippen LogP contribution in [-0.2, 0) is 11.3 Å². The molecule has 3 rings (SSSR count). The third-order valence-electron chi connectivity index (χ3n) is 4.21. The van der Waals surface area contributed by atoms with E-state index in [0.29, 0.717) is 21.8 Å². The summed E-state index contributed by atoms with van der Waals surface area (Å²) in [7, 11) is 0. The zero-order chi connectivity index (χ0) is 20.6. The van der Waals surface area contributed by atoms with Gasteiger partial charge in [0.1, 0.15) is 6.61 Å². The van der Waals surface area contributed by atoms with Crippen LogP contribution in [0.15, 0.2) is 73.1 Å². The average Bonchev–Trinajstić information content (AvgIpc) is 2.73. The van der Waals surface area contributed by atoms with Crippen LogP contribution in [0, 0.1) is 0 Å². The molecule has 0 radical (unpaired) electrons. The summed E-state index contributed by atoms with van der Waals surface area (Å²) >= 11 is 6.35. The Hall–Kier alpha value is -3.38. The Morgan fingerprint density at radius 1 is 1.07 bits per heavy atom. The summed E-state index contributed by atoms with van der Waals surface area (Å²) < 4.78 is 5.23. The van der Waals surface area contributed by atoms with E-state index in [2.05, 4.69) is 15.6 Å². The molecule has 0 aliphatic heterocycles.